The van der Waals surface area contributed by atoms with Crippen molar-refractivity contribution in [1.82, 2.24) is 5.06 Å². The summed E-state index contributed by atoms with van der Waals surface area (Å²) in [6.07, 6.45) is 0.601. The minimum absolute atomic E-state index is 0.186. The second-order valence-electron chi connectivity index (χ2n) is 5.28. The van der Waals surface area contributed by atoms with E-state index in [1.54, 1.807) is 19.1 Å². The van der Waals surface area contributed by atoms with E-state index in [-0.39, 0.29) is 11.6 Å². The Labute approximate surface area is 112 Å². The fraction of sp³-hybridized carbons (Fsp3) is 0.429. The standard InChI is InChI=1S/C14H19NO4/c1-10(15(9-16)19-14(2,3)4)11-6-5-7-12(8-11)13(17)18/h5-10H,1-4H3,(H,17,18). The molecule has 0 fully saturated rings. The van der Waals surface area contributed by atoms with Crippen molar-refractivity contribution in [1.29, 1.82) is 0 Å². The summed E-state index contributed by atoms with van der Waals surface area (Å²) in [5.41, 5.74) is 0.391. The summed E-state index contributed by atoms with van der Waals surface area (Å²) in [5, 5.41) is 10.2. The molecule has 0 aliphatic rings. The molecule has 104 valence electrons. The van der Waals surface area contributed by atoms with Crippen LogP contribution in [0.4, 0.5) is 0 Å². The van der Waals surface area contributed by atoms with Gasteiger partial charge in [0.2, 0.25) is 6.41 Å². The van der Waals surface area contributed by atoms with Crippen LogP contribution in [0.1, 0.15) is 49.7 Å². The number of hydrogen-bond donors (Lipinski definition) is 1. The molecule has 0 aromatic heterocycles. The van der Waals surface area contributed by atoms with Gasteiger partial charge in [-0.15, -0.1) is 0 Å². The van der Waals surface area contributed by atoms with E-state index in [1.165, 1.54) is 17.2 Å². The van der Waals surface area contributed by atoms with Crippen LogP contribution in [0.3, 0.4) is 0 Å². The van der Waals surface area contributed by atoms with Crippen molar-refractivity contribution < 1.29 is 19.5 Å². The average molecular weight is 265 g/mol. The Morgan fingerprint density at radius 2 is 2.05 bits per heavy atom. The maximum absolute atomic E-state index is 11.1. The first kappa shape index (κ1) is 15.2. The first-order chi connectivity index (χ1) is 8.74. The summed E-state index contributed by atoms with van der Waals surface area (Å²) in [6.45, 7) is 7.29. The largest absolute Gasteiger partial charge is 0.478 e. The van der Waals surface area contributed by atoms with Gasteiger partial charge in [-0.1, -0.05) is 12.1 Å². The van der Waals surface area contributed by atoms with Crippen LogP contribution in [0.25, 0.3) is 0 Å². The molecule has 0 aliphatic heterocycles. The average Bonchev–Trinajstić information content (AvgIpc) is 2.34. The Balaban J connectivity index is 2.97. The monoisotopic (exact) mass is 265 g/mol. The molecule has 5 heteroatoms. The van der Waals surface area contributed by atoms with Gasteiger partial charge in [0.05, 0.1) is 17.2 Å². The van der Waals surface area contributed by atoms with Gasteiger partial charge in [-0.05, 0) is 45.4 Å². The molecule has 0 saturated carbocycles. The first-order valence-corrected chi connectivity index (χ1v) is 6.00. The van der Waals surface area contributed by atoms with E-state index < -0.39 is 11.6 Å². The maximum atomic E-state index is 11.1. The van der Waals surface area contributed by atoms with E-state index in [2.05, 4.69) is 0 Å². The van der Waals surface area contributed by atoms with Crippen LogP contribution in [-0.2, 0) is 9.63 Å². The number of carboxylic acids is 1. The van der Waals surface area contributed by atoms with E-state index in [9.17, 15) is 9.59 Å². The second-order valence-corrected chi connectivity index (χ2v) is 5.28. The summed E-state index contributed by atoms with van der Waals surface area (Å²) < 4.78 is 0. The van der Waals surface area contributed by atoms with E-state index in [1.807, 2.05) is 20.8 Å². The van der Waals surface area contributed by atoms with Gasteiger partial charge in [0.15, 0.2) is 0 Å². The third-order valence-electron chi connectivity index (χ3n) is 2.48. The van der Waals surface area contributed by atoms with E-state index in [4.69, 9.17) is 9.94 Å². The number of aromatic carboxylic acids is 1. The molecule has 19 heavy (non-hydrogen) atoms. The molecular formula is C14H19NO4. The van der Waals surface area contributed by atoms with Crippen LogP contribution in [0.5, 0.6) is 0 Å². The minimum Gasteiger partial charge on any atom is -0.478 e. The van der Waals surface area contributed by atoms with Crippen LogP contribution < -0.4 is 0 Å². The highest BCUT2D eigenvalue weighted by molar-refractivity contribution is 5.87. The van der Waals surface area contributed by atoms with Crippen molar-refractivity contribution in [2.45, 2.75) is 39.3 Å². The number of hydrogen-bond acceptors (Lipinski definition) is 3. The van der Waals surface area contributed by atoms with Gasteiger partial charge in [0, 0.05) is 0 Å². The normalized spacial score (nSPS) is 12.8. The van der Waals surface area contributed by atoms with Gasteiger partial charge in [0.1, 0.15) is 0 Å². The maximum Gasteiger partial charge on any atom is 0.335 e. The predicted octanol–water partition coefficient (Wildman–Crippen LogP) is 2.63. The molecule has 0 radical (unpaired) electrons. The van der Waals surface area contributed by atoms with Crippen LogP contribution in [0.15, 0.2) is 24.3 Å². The molecule has 1 aromatic carbocycles. The third kappa shape index (κ3) is 4.37. The predicted molar refractivity (Wildman–Crippen MR) is 70.6 cm³/mol. The summed E-state index contributed by atoms with van der Waals surface area (Å²) in [4.78, 5) is 27.6. The lowest BCUT2D eigenvalue weighted by Gasteiger charge is -2.31. The highest BCUT2D eigenvalue weighted by atomic mass is 16.7. The van der Waals surface area contributed by atoms with Gasteiger partial charge in [-0.3, -0.25) is 9.63 Å². The fourth-order valence-corrected chi connectivity index (χ4v) is 1.59. The van der Waals surface area contributed by atoms with Gasteiger partial charge in [-0.2, -0.15) is 0 Å². The number of carbonyl (C=O) groups excluding carboxylic acids is 1. The Hall–Kier alpha value is -1.88. The Morgan fingerprint density at radius 3 is 2.53 bits per heavy atom. The topological polar surface area (TPSA) is 66.8 Å². The molecule has 0 aliphatic carbocycles. The lowest BCUT2D eigenvalue weighted by atomic mass is 10.1. The highest BCUT2D eigenvalue weighted by Crippen LogP contribution is 2.23. The fourth-order valence-electron chi connectivity index (χ4n) is 1.59. The minimum atomic E-state index is -0.997. The zero-order chi connectivity index (χ0) is 14.6. The SMILES string of the molecule is CC(c1cccc(C(=O)O)c1)N(C=O)OC(C)(C)C. The molecule has 1 atom stereocenters. The van der Waals surface area contributed by atoms with E-state index in [0.29, 0.717) is 12.0 Å². The second kappa shape index (κ2) is 5.84. The number of amides is 1. The van der Waals surface area contributed by atoms with E-state index in [0.717, 1.165) is 0 Å². The lowest BCUT2D eigenvalue weighted by molar-refractivity contribution is -0.231. The van der Waals surface area contributed by atoms with Crippen molar-refractivity contribution in [3.8, 4) is 0 Å². The summed E-state index contributed by atoms with van der Waals surface area (Å²) in [7, 11) is 0. The van der Waals surface area contributed by atoms with Crippen molar-refractivity contribution in [2.24, 2.45) is 0 Å². The van der Waals surface area contributed by atoms with Crippen molar-refractivity contribution in [3.63, 3.8) is 0 Å². The summed E-state index contributed by atoms with van der Waals surface area (Å²) in [5.74, 6) is -0.997. The Bertz CT molecular complexity index is 465. The van der Waals surface area contributed by atoms with Gasteiger partial charge >= 0.3 is 5.97 Å². The number of carbonyl (C=O) groups is 2. The molecule has 0 bridgehead atoms. The zero-order valence-electron chi connectivity index (χ0n) is 11.6. The molecule has 1 aromatic rings. The molecule has 1 amide bonds. The van der Waals surface area contributed by atoms with Gasteiger partial charge in [0.25, 0.3) is 0 Å². The molecule has 5 nitrogen and oxygen atoms in total. The quantitative estimate of drug-likeness (QED) is 0.656. The van der Waals surface area contributed by atoms with E-state index >= 15 is 0 Å². The number of carboxylic acid groups (broad SMARTS) is 1. The summed E-state index contributed by atoms with van der Waals surface area (Å²) >= 11 is 0. The van der Waals surface area contributed by atoms with Crippen LogP contribution in [0.2, 0.25) is 0 Å². The Morgan fingerprint density at radius 1 is 1.42 bits per heavy atom. The molecule has 1 unspecified atom stereocenters. The number of hydroxylamine groups is 2. The van der Waals surface area contributed by atoms with Crippen molar-refractivity contribution in [2.75, 3.05) is 0 Å². The smallest absolute Gasteiger partial charge is 0.335 e. The van der Waals surface area contributed by atoms with Crippen molar-refractivity contribution in [3.05, 3.63) is 35.4 Å². The molecular weight excluding hydrogens is 246 g/mol. The third-order valence-corrected chi connectivity index (χ3v) is 2.48. The molecule has 0 heterocycles. The molecule has 1 N–H and O–H groups in total. The van der Waals surface area contributed by atoms with Crippen LogP contribution >= 0.6 is 0 Å². The summed E-state index contributed by atoms with van der Waals surface area (Å²) in [6, 6.07) is 6.09. The molecule has 1 rings (SSSR count). The first-order valence-electron chi connectivity index (χ1n) is 6.00. The number of nitrogens with zero attached hydrogens (tertiary/aromatic N) is 1. The van der Waals surface area contributed by atoms with Crippen LogP contribution in [0, 0.1) is 0 Å². The van der Waals surface area contributed by atoms with Gasteiger partial charge < -0.3 is 5.11 Å². The number of benzene rings is 1. The highest BCUT2D eigenvalue weighted by Gasteiger charge is 2.22. The van der Waals surface area contributed by atoms with Crippen molar-refractivity contribution >= 4 is 12.4 Å². The molecule has 0 spiro atoms. The lowest BCUT2D eigenvalue weighted by Crippen LogP contribution is -2.35. The Kier molecular flexibility index (Phi) is 4.67. The van der Waals surface area contributed by atoms with Gasteiger partial charge in [-0.25, -0.2) is 9.86 Å². The molecule has 0 saturated heterocycles. The number of rotatable bonds is 5. The zero-order valence-corrected chi connectivity index (χ0v) is 11.6. The van der Waals surface area contributed by atoms with Crippen LogP contribution in [-0.4, -0.2) is 28.2 Å².